The molecule has 0 amide bonds. The first-order valence-electron chi connectivity index (χ1n) is 5.88. The third-order valence-electron chi connectivity index (χ3n) is 3.50. The van der Waals surface area contributed by atoms with E-state index < -0.39 is 0 Å². The van der Waals surface area contributed by atoms with Crippen molar-refractivity contribution >= 4 is 11.4 Å². The van der Waals surface area contributed by atoms with Gasteiger partial charge in [-0.25, -0.2) is 4.39 Å². The molecule has 0 aromatic heterocycles. The Morgan fingerprint density at radius 2 is 2.19 bits per heavy atom. The van der Waals surface area contributed by atoms with Crippen molar-refractivity contribution in [2.24, 2.45) is 11.8 Å². The van der Waals surface area contributed by atoms with Crippen molar-refractivity contribution in [2.45, 2.75) is 20.3 Å². The molecule has 0 saturated carbocycles. The van der Waals surface area contributed by atoms with Crippen LogP contribution in [-0.4, -0.2) is 13.1 Å². The summed E-state index contributed by atoms with van der Waals surface area (Å²) in [4.78, 5) is 2.20. The lowest BCUT2D eigenvalue weighted by Gasteiger charge is -2.21. The first kappa shape index (κ1) is 11.2. The second-order valence-electron chi connectivity index (χ2n) is 4.94. The summed E-state index contributed by atoms with van der Waals surface area (Å²) in [6.07, 6.45) is 1.17. The molecule has 0 aliphatic carbocycles. The summed E-state index contributed by atoms with van der Waals surface area (Å²) in [6.45, 7) is 6.45. The zero-order chi connectivity index (χ0) is 11.7. The molecular weight excluding hydrogens is 203 g/mol. The summed E-state index contributed by atoms with van der Waals surface area (Å²) in [5.41, 5.74) is 7.40. The van der Waals surface area contributed by atoms with E-state index in [-0.39, 0.29) is 5.82 Å². The van der Waals surface area contributed by atoms with Gasteiger partial charge in [-0.05, 0) is 36.5 Å². The molecule has 1 unspecified atom stereocenters. The largest absolute Gasteiger partial charge is 0.397 e. The van der Waals surface area contributed by atoms with Crippen LogP contribution in [0.3, 0.4) is 0 Å². The average Bonchev–Trinajstić information content (AvgIpc) is 2.70. The predicted octanol–water partition coefficient (Wildman–Crippen LogP) is 2.89. The van der Waals surface area contributed by atoms with E-state index in [0.29, 0.717) is 17.5 Å². The highest BCUT2D eigenvalue weighted by atomic mass is 19.1. The van der Waals surface area contributed by atoms with E-state index in [2.05, 4.69) is 18.7 Å². The second kappa shape index (κ2) is 4.32. The summed E-state index contributed by atoms with van der Waals surface area (Å²) in [5, 5.41) is 0. The predicted molar refractivity (Wildman–Crippen MR) is 66.0 cm³/mol. The van der Waals surface area contributed by atoms with Crippen LogP contribution in [0.25, 0.3) is 0 Å². The van der Waals surface area contributed by atoms with Crippen LogP contribution in [0.2, 0.25) is 0 Å². The normalized spacial score (nSPS) is 20.8. The number of nitrogens with zero attached hydrogens (tertiary/aromatic N) is 1. The van der Waals surface area contributed by atoms with Crippen molar-refractivity contribution in [1.29, 1.82) is 0 Å². The van der Waals surface area contributed by atoms with E-state index in [1.807, 2.05) is 0 Å². The molecule has 88 valence electrons. The Balaban J connectivity index is 2.17. The molecule has 2 rings (SSSR count). The first-order chi connectivity index (χ1) is 7.58. The molecule has 3 heteroatoms. The van der Waals surface area contributed by atoms with Crippen LogP contribution >= 0.6 is 0 Å². The van der Waals surface area contributed by atoms with Crippen molar-refractivity contribution in [1.82, 2.24) is 0 Å². The molecule has 0 spiro atoms. The molecule has 1 heterocycles. The molecule has 2 nitrogen and oxygen atoms in total. The van der Waals surface area contributed by atoms with Gasteiger partial charge in [0.15, 0.2) is 0 Å². The highest BCUT2D eigenvalue weighted by molar-refractivity contribution is 5.67. The van der Waals surface area contributed by atoms with E-state index in [0.717, 1.165) is 18.8 Å². The van der Waals surface area contributed by atoms with Gasteiger partial charge < -0.3 is 10.6 Å². The smallest absolute Gasteiger partial charge is 0.125 e. The summed E-state index contributed by atoms with van der Waals surface area (Å²) < 4.78 is 13.2. The maximum Gasteiger partial charge on any atom is 0.125 e. The van der Waals surface area contributed by atoms with Crippen molar-refractivity contribution < 1.29 is 4.39 Å². The minimum Gasteiger partial charge on any atom is -0.397 e. The van der Waals surface area contributed by atoms with E-state index in [1.54, 1.807) is 6.07 Å². The number of hydrogen-bond donors (Lipinski definition) is 1. The fourth-order valence-electron chi connectivity index (χ4n) is 2.34. The molecule has 1 fully saturated rings. The van der Waals surface area contributed by atoms with Gasteiger partial charge in [0.1, 0.15) is 5.82 Å². The molecule has 2 N–H and O–H groups in total. The lowest BCUT2D eigenvalue weighted by molar-refractivity contribution is 0.423. The number of anilines is 2. The van der Waals surface area contributed by atoms with Crippen LogP contribution in [0.15, 0.2) is 18.2 Å². The van der Waals surface area contributed by atoms with E-state index in [9.17, 15) is 4.39 Å². The Labute approximate surface area is 96.2 Å². The summed E-state index contributed by atoms with van der Waals surface area (Å²) in [5.74, 6) is 1.17. The SMILES string of the molecule is CC(C)C1CCN(c2cc(F)ccc2N)C1. The molecule has 1 aliphatic heterocycles. The van der Waals surface area contributed by atoms with Gasteiger partial charge >= 0.3 is 0 Å². The fourth-order valence-corrected chi connectivity index (χ4v) is 2.34. The number of hydrogen-bond acceptors (Lipinski definition) is 2. The third kappa shape index (κ3) is 2.13. The van der Waals surface area contributed by atoms with Gasteiger partial charge in [-0.15, -0.1) is 0 Å². The minimum atomic E-state index is -0.211. The maximum absolute atomic E-state index is 13.2. The molecule has 1 aromatic carbocycles. The average molecular weight is 222 g/mol. The number of nitrogens with two attached hydrogens (primary N) is 1. The molecule has 1 saturated heterocycles. The third-order valence-corrected chi connectivity index (χ3v) is 3.50. The van der Waals surface area contributed by atoms with E-state index in [4.69, 9.17) is 5.73 Å². The molecule has 1 aliphatic rings. The number of rotatable bonds is 2. The quantitative estimate of drug-likeness (QED) is 0.780. The minimum absolute atomic E-state index is 0.211. The highest BCUT2D eigenvalue weighted by Crippen LogP contribution is 2.31. The molecular formula is C13H19FN2. The van der Waals surface area contributed by atoms with E-state index >= 15 is 0 Å². The fraction of sp³-hybridized carbons (Fsp3) is 0.538. The summed E-state index contributed by atoms with van der Waals surface area (Å²) in [6, 6.07) is 4.60. The van der Waals surface area contributed by atoms with Gasteiger partial charge in [0, 0.05) is 13.1 Å². The Bertz CT molecular complexity index is 376. The lowest BCUT2D eigenvalue weighted by atomic mass is 9.95. The van der Waals surface area contributed by atoms with Crippen LogP contribution in [0.4, 0.5) is 15.8 Å². The first-order valence-corrected chi connectivity index (χ1v) is 5.88. The zero-order valence-corrected chi connectivity index (χ0v) is 9.91. The van der Waals surface area contributed by atoms with Gasteiger partial charge in [-0.3, -0.25) is 0 Å². The number of nitrogen functional groups attached to an aromatic ring is 1. The monoisotopic (exact) mass is 222 g/mol. The maximum atomic E-state index is 13.2. The number of benzene rings is 1. The second-order valence-corrected chi connectivity index (χ2v) is 4.94. The summed E-state index contributed by atoms with van der Waals surface area (Å²) in [7, 11) is 0. The molecule has 16 heavy (non-hydrogen) atoms. The van der Waals surface area contributed by atoms with Crippen LogP contribution in [0, 0.1) is 17.7 Å². The molecule has 1 atom stereocenters. The Hall–Kier alpha value is -1.25. The van der Waals surface area contributed by atoms with Crippen molar-refractivity contribution in [3.05, 3.63) is 24.0 Å². The van der Waals surface area contributed by atoms with Crippen molar-refractivity contribution in [3.8, 4) is 0 Å². The Morgan fingerprint density at radius 1 is 1.44 bits per heavy atom. The van der Waals surface area contributed by atoms with Crippen molar-refractivity contribution in [3.63, 3.8) is 0 Å². The highest BCUT2D eigenvalue weighted by Gasteiger charge is 2.26. The summed E-state index contributed by atoms with van der Waals surface area (Å²) >= 11 is 0. The Kier molecular flexibility index (Phi) is 3.03. The van der Waals surface area contributed by atoms with Gasteiger partial charge in [0.2, 0.25) is 0 Å². The topological polar surface area (TPSA) is 29.3 Å². The van der Waals surface area contributed by atoms with Gasteiger partial charge in [-0.2, -0.15) is 0 Å². The number of halogens is 1. The van der Waals surface area contributed by atoms with Crippen molar-refractivity contribution in [2.75, 3.05) is 23.7 Å². The molecule has 0 bridgehead atoms. The van der Waals surface area contributed by atoms with Crippen LogP contribution in [0.1, 0.15) is 20.3 Å². The molecule has 1 aromatic rings. The van der Waals surface area contributed by atoms with Crippen LogP contribution in [0.5, 0.6) is 0 Å². The Morgan fingerprint density at radius 3 is 2.81 bits per heavy atom. The van der Waals surface area contributed by atoms with Gasteiger partial charge in [0.05, 0.1) is 11.4 Å². The molecule has 0 radical (unpaired) electrons. The van der Waals surface area contributed by atoms with Crippen LogP contribution in [-0.2, 0) is 0 Å². The van der Waals surface area contributed by atoms with Gasteiger partial charge in [0.25, 0.3) is 0 Å². The van der Waals surface area contributed by atoms with E-state index in [1.165, 1.54) is 18.6 Å². The standard InChI is InChI=1S/C13H19FN2/c1-9(2)10-5-6-16(8-10)13-7-11(14)3-4-12(13)15/h3-4,7,9-10H,5-6,8,15H2,1-2H3. The van der Waals surface area contributed by atoms with Gasteiger partial charge in [-0.1, -0.05) is 13.8 Å². The van der Waals surface area contributed by atoms with Crippen LogP contribution < -0.4 is 10.6 Å². The lowest BCUT2D eigenvalue weighted by Crippen LogP contribution is -2.22. The zero-order valence-electron chi connectivity index (χ0n) is 9.91.